The van der Waals surface area contributed by atoms with Gasteiger partial charge in [-0.25, -0.2) is 0 Å². The summed E-state index contributed by atoms with van der Waals surface area (Å²) in [5, 5.41) is 7.59. The highest BCUT2D eigenvalue weighted by Gasteiger charge is 2.13. The van der Waals surface area contributed by atoms with Gasteiger partial charge in [-0.15, -0.1) is 5.10 Å². The topological polar surface area (TPSA) is 75.1 Å². The first-order valence-electron chi connectivity index (χ1n) is 8.69. The first-order chi connectivity index (χ1) is 11.9. The Morgan fingerprint density at radius 2 is 1.92 bits per heavy atom. The van der Waals surface area contributed by atoms with Gasteiger partial charge in [-0.3, -0.25) is 4.79 Å². The Morgan fingerprint density at radius 3 is 2.56 bits per heavy atom. The van der Waals surface area contributed by atoms with Crippen molar-refractivity contribution in [2.75, 3.05) is 5.32 Å². The Morgan fingerprint density at radius 1 is 1.20 bits per heavy atom. The van der Waals surface area contributed by atoms with E-state index in [0.29, 0.717) is 18.1 Å². The second-order valence-electron chi connectivity index (χ2n) is 7.33. The van der Waals surface area contributed by atoms with E-state index < -0.39 is 0 Å². The molecule has 132 valence electrons. The molecule has 25 heavy (non-hydrogen) atoms. The van der Waals surface area contributed by atoms with Crippen LogP contribution in [0.15, 0.2) is 35.1 Å². The second kappa shape index (κ2) is 6.70. The molecule has 3 aromatic rings. The van der Waals surface area contributed by atoms with E-state index in [1.54, 1.807) is 6.07 Å². The van der Waals surface area contributed by atoms with Crippen LogP contribution in [0.5, 0.6) is 0 Å². The number of hydrogen-bond donors (Lipinski definition) is 2. The molecule has 0 amide bonds. The molecule has 0 aliphatic heterocycles. The molecule has 0 aliphatic carbocycles. The molecule has 0 aliphatic rings. The van der Waals surface area contributed by atoms with Crippen LogP contribution in [-0.2, 0) is 18.4 Å². The molecule has 0 saturated carbocycles. The van der Waals surface area contributed by atoms with Crippen LogP contribution in [0.3, 0.4) is 0 Å². The summed E-state index contributed by atoms with van der Waals surface area (Å²) < 4.78 is 1.32. The molecular weight excluding hydrogens is 314 g/mol. The fraction of sp³-hybridized carbons (Fsp3) is 0.421. The minimum atomic E-state index is -0.148. The minimum absolute atomic E-state index is 0.137. The Labute approximate surface area is 147 Å². The van der Waals surface area contributed by atoms with E-state index in [0.717, 1.165) is 24.2 Å². The molecule has 0 spiro atoms. The Kier molecular flexibility index (Phi) is 4.61. The zero-order valence-electron chi connectivity index (χ0n) is 15.3. The molecule has 6 nitrogen and oxygen atoms in total. The van der Waals surface area contributed by atoms with Gasteiger partial charge in [0.25, 0.3) is 5.56 Å². The third-order valence-electron chi connectivity index (χ3n) is 4.15. The van der Waals surface area contributed by atoms with Crippen molar-refractivity contribution in [2.24, 2.45) is 0 Å². The monoisotopic (exact) mass is 339 g/mol. The van der Waals surface area contributed by atoms with Crippen molar-refractivity contribution in [3.8, 4) is 0 Å². The van der Waals surface area contributed by atoms with E-state index in [4.69, 9.17) is 0 Å². The molecule has 2 N–H and O–H groups in total. The van der Waals surface area contributed by atoms with Gasteiger partial charge in [0, 0.05) is 17.4 Å². The summed E-state index contributed by atoms with van der Waals surface area (Å²) in [5.74, 6) is 1.08. The lowest BCUT2D eigenvalue weighted by atomic mass is 9.87. The van der Waals surface area contributed by atoms with E-state index in [9.17, 15) is 4.79 Å². The zero-order chi connectivity index (χ0) is 18.0. The molecule has 0 atom stereocenters. The van der Waals surface area contributed by atoms with Gasteiger partial charge in [0.15, 0.2) is 5.82 Å². The molecule has 0 radical (unpaired) electrons. The summed E-state index contributed by atoms with van der Waals surface area (Å²) in [6.45, 7) is 9.12. The maximum atomic E-state index is 12.1. The SMILES string of the molecule is CCCc1cc(=O)n2nc(CNc3ccc(C(C)(C)C)cc3)nc2[nH]1. The summed E-state index contributed by atoms with van der Waals surface area (Å²) in [5.41, 5.74) is 3.18. The summed E-state index contributed by atoms with van der Waals surface area (Å²) >= 11 is 0. The van der Waals surface area contributed by atoms with Crippen LogP contribution in [-0.4, -0.2) is 19.6 Å². The van der Waals surface area contributed by atoms with Gasteiger partial charge >= 0.3 is 0 Å². The lowest BCUT2D eigenvalue weighted by Gasteiger charge is -2.19. The van der Waals surface area contributed by atoms with E-state index in [1.165, 1.54) is 10.1 Å². The van der Waals surface area contributed by atoms with Crippen molar-refractivity contribution >= 4 is 11.5 Å². The summed E-state index contributed by atoms with van der Waals surface area (Å²) in [7, 11) is 0. The highest BCUT2D eigenvalue weighted by molar-refractivity contribution is 5.46. The largest absolute Gasteiger partial charge is 0.378 e. The van der Waals surface area contributed by atoms with Crippen LogP contribution in [0.25, 0.3) is 5.78 Å². The lowest BCUT2D eigenvalue weighted by Crippen LogP contribution is -2.16. The molecule has 0 bridgehead atoms. The van der Waals surface area contributed by atoms with Crippen molar-refractivity contribution in [1.29, 1.82) is 0 Å². The number of benzene rings is 1. The molecule has 0 fully saturated rings. The predicted molar refractivity (Wildman–Crippen MR) is 100 cm³/mol. The van der Waals surface area contributed by atoms with Crippen molar-refractivity contribution in [3.63, 3.8) is 0 Å². The number of aromatic nitrogens is 4. The van der Waals surface area contributed by atoms with Crippen LogP contribution in [0, 0.1) is 0 Å². The Balaban J connectivity index is 1.75. The van der Waals surface area contributed by atoms with Crippen molar-refractivity contribution in [2.45, 2.75) is 52.5 Å². The van der Waals surface area contributed by atoms with Crippen molar-refractivity contribution in [1.82, 2.24) is 19.6 Å². The van der Waals surface area contributed by atoms with Gasteiger partial charge < -0.3 is 10.3 Å². The van der Waals surface area contributed by atoms with Gasteiger partial charge in [0.1, 0.15) is 0 Å². The van der Waals surface area contributed by atoms with E-state index in [1.807, 2.05) is 0 Å². The number of H-pyrrole nitrogens is 1. The number of nitrogens with one attached hydrogen (secondary N) is 2. The number of nitrogens with zero attached hydrogens (tertiary/aromatic N) is 3. The summed E-state index contributed by atoms with van der Waals surface area (Å²) in [6, 6.07) is 9.95. The number of aromatic amines is 1. The molecular formula is C19H25N5O. The smallest absolute Gasteiger partial charge is 0.275 e. The van der Waals surface area contributed by atoms with Gasteiger partial charge in [-0.05, 0) is 29.5 Å². The Hall–Kier alpha value is -2.63. The standard InChI is InChI=1S/C19H25N5O/c1-5-6-15-11-17(25)24-18(21-15)22-16(23-24)12-20-14-9-7-13(8-10-14)19(2,3)4/h7-11,20H,5-6,12H2,1-4H3,(H,21,22,23). The summed E-state index contributed by atoms with van der Waals surface area (Å²) in [6.07, 6.45) is 1.80. The molecule has 6 heteroatoms. The predicted octanol–water partition coefficient (Wildman–Crippen LogP) is 3.28. The van der Waals surface area contributed by atoms with Crippen LogP contribution < -0.4 is 10.9 Å². The fourth-order valence-corrected chi connectivity index (χ4v) is 2.73. The number of hydrogen-bond acceptors (Lipinski definition) is 4. The molecule has 2 heterocycles. The van der Waals surface area contributed by atoms with Gasteiger partial charge in [-0.2, -0.15) is 9.50 Å². The Bertz CT molecular complexity index is 916. The van der Waals surface area contributed by atoms with Crippen LogP contribution in [0.1, 0.15) is 51.2 Å². The first kappa shape index (κ1) is 17.2. The third kappa shape index (κ3) is 3.90. The lowest BCUT2D eigenvalue weighted by molar-refractivity contribution is 0.590. The van der Waals surface area contributed by atoms with E-state index in [-0.39, 0.29) is 11.0 Å². The molecule has 0 saturated heterocycles. The van der Waals surface area contributed by atoms with E-state index >= 15 is 0 Å². The van der Waals surface area contributed by atoms with Gasteiger partial charge in [0.2, 0.25) is 5.78 Å². The fourth-order valence-electron chi connectivity index (χ4n) is 2.73. The number of anilines is 1. The molecule has 1 aromatic carbocycles. The highest BCUT2D eigenvalue weighted by Crippen LogP contribution is 2.23. The molecule has 0 unspecified atom stereocenters. The van der Waals surface area contributed by atoms with Crippen molar-refractivity contribution in [3.05, 3.63) is 57.8 Å². The minimum Gasteiger partial charge on any atom is -0.378 e. The first-order valence-corrected chi connectivity index (χ1v) is 8.69. The van der Waals surface area contributed by atoms with Crippen LogP contribution in [0.2, 0.25) is 0 Å². The van der Waals surface area contributed by atoms with Gasteiger partial charge in [0.05, 0.1) is 6.54 Å². The average Bonchev–Trinajstić information content (AvgIpc) is 2.96. The van der Waals surface area contributed by atoms with Gasteiger partial charge in [-0.1, -0.05) is 46.2 Å². The third-order valence-corrected chi connectivity index (χ3v) is 4.15. The molecule has 2 aromatic heterocycles. The van der Waals surface area contributed by atoms with Crippen molar-refractivity contribution < 1.29 is 0 Å². The average molecular weight is 339 g/mol. The maximum Gasteiger partial charge on any atom is 0.275 e. The highest BCUT2D eigenvalue weighted by atomic mass is 16.1. The normalized spacial score (nSPS) is 11.8. The summed E-state index contributed by atoms with van der Waals surface area (Å²) in [4.78, 5) is 19.7. The van der Waals surface area contributed by atoms with E-state index in [2.05, 4.69) is 72.3 Å². The van der Waals surface area contributed by atoms with Crippen LogP contribution >= 0.6 is 0 Å². The molecule has 3 rings (SSSR count). The maximum absolute atomic E-state index is 12.1. The zero-order valence-corrected chi connectivity index (χ0v) is 15.3. The quantitative estimate of drug-likeness (QED) is 0.748. The number of rotatable bonds is 5. The number of fused-ring (bicyclic) bond motifs is 1. The number of aryl methyl sites for hydroxylation is 1. The van der Waals surface area contributed by atoms with Crippen LogP contribution in [0.4, 0.5) is 5.69 Å². The second-order valence-corrected chi connectivity index (χ2v) is 7.33.